The van der Waals surface area contributed by atoms with Crippen molar-refractivity contribution in [2.24, 2.45) is 0 Å². The van der Waals surface area contributed by atoms with Gasteiger partial charge in [-0.25, -0.2) is 9.97 Å². The Hall–Kier alpha value is -1.95. The molecule has 0 spiro atoms. The van der Waals surface area contributed by atoms with Crippen LogP contribution >= 0.6 is 11.3 Å². The molecule has 2 aromatic rings. The van der Waals surface area contributed by atoms with Gasteiger partial charge in [0.2, 0.25) is 0 Å². The van der Waals surface area contributed by atoms with Gasteiger partial charge in [0, 0.05) is 22.3 Å². The van der Waals surface area contributed by atoms with E-state index in [1.165, 1.54) is 0 Å². The predicted molar refractivity (Wildman–Crippen MR) is 80.8 cm³/mol. The lowest BCUT2D eigenvalue weighted by Gasteiger charge is -2.12. The van der Waals surface area contributed by atoms with Crippen molar-refractivity contribution in [2.75, 3.05) is 5.73 Å². The van der Waals surface area contributed by atoms with Gasteiger partial charge in [-0.1, -0.05) is 6.92 Å². The molecule has 0 fully saturated rings. The van der Waals surface area contributed by atoms with Crippen molar-refractivity contribution in [1.82, 2.24) is 15.3 Å². The minimum Gasteiger partial charge on any atom is -0.384 e. The van der Waals surface area contributed by atoms with Crippen LogP contribution in [0.4, 0.5) is 5.82 Å². The molecular formula is C14H18N4OS. The van der Waals surface area contributed by atoms with Crippen LogP contribution in [-0.4, -0.2) is 15.9 Å². The summed E-state index contributed by atoms with van der Waals surface area (Å²) in [7, 11) is 0. The van der Waals surface area contributed by atoms with E-state index in [2.05, 4.69) is 15.3 Å². The number of nitrogens with zero attached hydrogens (tertiary/aromatic N) is 2. The molecular weight excluding hydrogens is 272 g/mol. The van der Waals surface area contributed by atoms with Crippen LogP contribution in [0.5, 0.6) is 0 Å². The van der Waals surface area contributed by atoms with Gasteiger partial charge in [-0.05, 0) is 32.4 Å². The molecule has 1 amide bonds. The fourth-order valence-electron chi connectivity index (χ4n) is 1.84. The van der Waals surface area contributed by atoms with Crippen molar-refractivity contribution in [3.05, 3.63) is 39.5 Å². The number of carbonyl (C=O) groups is 1. The largest absolute Gasteiger partial charge is 0.384 e. The third kappa shape index (κ3) is 3.33. The maximum absolute atomic E-state index is 12.2. The van der Waals surface area contributed by atoms with Crippen molar-refractivity contribution < 1.29 is 4.79 Å². The van der Waals surface area contributed by atoms with Gasteiger partial charge >= 0.3 is 0 Å². The van der Waals surface area contributed by atoms with E-state index >= 15 is 0 Å². The molecule has 2 rings (SSSR count). The summed E-state index contributed by atoms with van der Waals surface area (Å²) in [6.45, 7) is 5.83. The number of aryl methyl sites for hydroxylation is 2. The second-order valence-electron chi connectivity index (χ2n) is 4.65. The van der Waals surface area contributed by atoms with Crippen molar-refractivity contribution in [1.29, 1.82) is 0 Å². The third-order valence-electron chi connectivity index (χ3n) is 2.88. The first-order chi connectivity index (χ1) is 9.49. The van der Waals surface area contributed by atoms with E-state index in [4.69, 9.17) is 5.73 Å². The molecule has 0 aliphatic heterocycles. The smallest absolute Gasteiger partial charge is 0.252 e. The molecule has 2 aromatic heterocycles. The van der Waals surface area contributed by atoms with Gasteiger partial charge in [-0.15, -0.1) is 11.3 Å². The number of pyridine rings is 1. The average Bonchev–Trinajstić information content (AvgIpc) is 2.84. The summed E-state index contributed by atoms with van der Waals surface area (Å²) in [5.41, 5.74) is 8.03. The van der Waals surface area contributed by atoms with Crippen LogP contribution in [0.1, 0.15) is 46.6 Å². The minimum atomic E-state index is -0.158. The zero-order valence-corrected chi connectivity index (χ0v) is 12.6. The van der Waals surface area contributed by atoms with Gasteiger partial charge in [0.1, 0.15) is 10.8 Å². The van der Waals surface area contributed by atoms with E-state index in [0.717, 1.165) is 22.8 Å². The molecule has 1 unspecified atom stereocenters. The van der Waals surface area contributed by atoms with Gasteiger partial charge in [-0.2, -0.15) is 0 Å². The van der Waals surface area contributed by atoms with E-state index in [1.54, 1.807) is 23.5 Å². The Morgan fingerprint density at radius 3 is 2.80 bits per heavy atom. The van der Waals surface area contributed by atoms with Crippen molar-refractivity contribution >= 4 is 23.1 Å². The molecule has 0 bridgehead atoms. The van der Waals surface area contributed by atoms with Crippen LogP contribution in [0.15, 0.2) is 17.5 Å². The molecule has 5 nitrogen and oxygen atoms in total. The number of rotatable bonds is 4. The minimum absolute atomic E-state index is 0.124. The van der Waals surface area contributed by atoms with Crippen LogP contribution in [0, 0.1) is 6.92 Å². The standard InChI is InChI=1S/C14H18N4OS/c1-4-11-5-10(6-12(15)18-11)13(19)17-9(3)14-16-8(2)7-20-14/h5-7,9H,4H2,1-3H3,(H2,15,18)(H,17,19). The molecule has 0 saturated carbocycles. The Morgan fingerprint density at radius 2 is 2.20 bits per heavy atom. The molecule has 106 valence electrons. The Labute approximate surface area is 122 Å². The molecule has 2 heterocycles. The Kier molecular flexibility index (Phi) is 4.34. The van der Waals surface area contributed by atoms with Crippen LogP contribution in [-0.2, 0) is 6.42 Å². The van der Waals surface area contributed by atoms with E-state index in [0.29, 0.717) is 11.4 Å². The van der Waals surface area contributed by atoms with Crippen molar-refractivity contribution in [3.63, 3.8) is 0 Å². The fourth-order valence-corrected chi connectivity index (χ4v) is 2.64. The highest BCUT2D eigenvalue weighted by atomic mass is 32.1. The lowest BCUT2D eigenvalue weighted by atomic mass is 10.1. The summed E-state index contributed by atoms with van der Waals surface area (Å²) in [6.07, 6.45) is 0.743. The zero-order valence-electron chi connectivity index (χ0n) is 11.8. The molecule has 0 saturated heterocycles. The predicted octanol–water partition coefficient (Wildman–Crippen LogP) is 2.48. The van der Waals surface area contributed by atoms with E-state index in [-0.39, 0.29) is 11.9 Å². The van der Waals surface area contributed by atoms with Crippen LogP contribution < -0.4 is 11.1 Å². The molecule has 0 aliphatic carbocycles. The average molecular weight is 290 g/mol. The lowest BCUT2D eigenvalue weighted by Crippen LogP contribution is -2.27. The summed E-state index contributed by atoms with van der Waals surface area (Å²) in [6, 6.07) is 3.24. The maximum Gasteiger partial charge on any atom is 0.252 e. The molecule has 0 aliphatic rings. The number of nitrogen functional groups attached to an aromatic ring is 1. The molecule has 20 heavy (non-hydrogen) atoms. The van der Waals surface area contributed by atoms with Gasteiger partial charge in [-0.3, -0.25) is 4.79 Å². The second kappa shape index (κ2) is 6.00. The summed E-state index contributed by atoms with van der Waals surface area (Å²) in [4.78, 5) is 20.8. The second-order valence-corrected chi connectivity index (χ2v) is 5.54. The maximum atomic E-state index is 12.2. The number of thiazole rings is 1. The summed E-state index contributed by atoms with van der Waals surface area (Å²) < 4.78 is 0. The molecule has 0 aromatic carbocycles. The van der Waals surface area contributed by atoms with Gasteiger partial charge in [0.25, 0.3) is 5.91 Å². The Bertz CT molecular complexity index is 623. The normalized spacial score (nSPS) is 12.2. The monoisotopic (exact) mass is 290 g/mol. The topological polar surface area (TPSA) is 80.9 Å². The highest BCUT2D eigenvalue weighted by Crippen LogP contribution is 2.18. The van der Waals surface area contributed by atoms with E-state index in [1.807, 2.05) is 26.2 Å². The first-order valence-electron chi connectivity index (χ1n) is 6.49. The molecule has 1 atom stereocenters. The number of carbonyl (C=O) groups excluding carboxylic acids is 1. The summed E-state index contributed by atoms with van der Waals surface area (Å²) in [5.74, 6) is 0.210. The Morgan fingerprint density at radius 1 is 1.45 bits per heavy atom. The quantitative estimate of drug-likeness (QED) is 0.906. The lowest BCUT2D eigenvalue weighted by molar-refractivity contribution is 0.0939. The number of amides is 1. The highest BCUT2D eigenvalue weighted by molar-refractivity contribution is 7.09. The van der Waals surface area contributed by atoms with Gasteiger partial charge in [0.15, 0.2) is 0 Å². The highest BCUT2D eigenvalue weighted by Gasteiger charge is 2.15. The number of anilines is 1. The van der Waals surface area contributed by atoms with Crippen molar-refractivity contribution in [3.8, 4) is 0 Å². The SMILES string of the molecule is CCc1cc(C(=O)NC(C)c2nc(C)cs2)cc(N)n1. The van der Waals surface area contributed by atoms with Crippen LogP contribution in [0.3, 0.4) is 0 Å². The zero-order chi connectivity index (χ0) is 14.7. The van der Waals surface area contributed by atoms with Crippen molar-refractivity contribution in [2.45, 2.75) is 33.2 Å². The van der Waals surface area contributed by atoms with Crippen LogP contribution in [0.25, 0.3) is 0 Å². The van der Waals surface area contributed by atoms with Crippen LogP contribution in [0.2, 0.25) is 0 Å². The van der Waals surface area contributed by atoms with E-state index in [9.17, 15) is 4.79 Å². The summed E-state index contributed by atoms with van der Waals surface area (Å²) in [5, 5.41) is 5.80. The first-order valence-corrected chi connectivity index (χ1v) is 7.37. The molecule has 0 radical (unpaired) electrons. The molecule has 3 N–H and O–H groups in total. The van der Waals surface area contributed by atoms with Gasteiger partial charge in [0.05, 0.1) is 6.04 Å². The van der Waals surface area contributed by atoms with E-state index < -0.39 is 0 Å². The molecule has 6 heteroatoms. The number of hydrogen-bond acceptors (Lipinski definition) is 5. The number of aromatic nitrogens is 2. The Balaban J connectivity index is 2.13. The number of nitrogens with one attached hydrogen (secondary N) is 1. The third-order valence-corrected chi connectivity index (χ3v) is 4.02. The van der Waals surface area contributed by atoms with Gasteiger partial charge < -0.3 is 11.1 Å². The number of nitrogens with two attached hydrogens (primary N) is 1. The summed E-state index contributed by atoms with van der Waals surface area (Å²) >= 11 is 1.54. The number of hydrogen-bond donors (Lipinski definition) is 2. The fraction of sp³-hybridized carbons (Fsp3) is 0.357. The first kappa shape index (κ1) is 14.5.